The third-order valence-electron chi connectivity index (χ3n) is 3.33. The Morgan fingerprint density at radius 2 is 2.13 bits per heavy atom. The normalized spacial score (nSPS) is 25.5. The van der Waals surface area contributed by atoms with Gasteiger partial charge in [-0.3, -0.25) is 0 Å². The van der Waals surface area contributed by atoms with Crippen LogP contribution in [0.5, 0.6) is 0 Å². The van der Waals surface area contributed by atoms with Gasteiger partial charge in [-0.15, -0.1) is 0 Å². The minimum absolute atomic E-state index is 0.602. The molecule has 0 spiro atoms. The van der Waals surface area contributed by atoms with E-state index >= 15 is 0 Å². The highest BCUT2D eigenvalue weighted by atomic mass is 35.5. The van der Waals surface area contributed by atoms with Gasteiger partial charge in [0.15, 0.2) is 0 Å². The smallest absolute Gasteiger partial charge is 0.0640 e. The fourth-order valence-electron chi connectivity index (χ4n) is 2.30. The lowest BCUT2D eigenvalue weighted by molar-refractivity contribution is 0.556. The van der Waals surface area contributed by atoms with E-state index in [1.807, 2.05) is 6.07 Å². The van der Waals surface area contributed by atoms with Crippen molar-refractivity contribution in [2.24, 2.45) is 5.92 Å². The molecule has 2 atom stereocenters. The lowest BCUT2D eigenvalue weighted by atomic mass is 10.1. The molecule has 82 valence electrons. The van der Waals surface area contributed by atoms with E-state index in [0.29, 0.717) is 6.04 Å². The first-order valence-electron chi connectivity index (χ1n) is 5.69. The topological polar surface area (TPSA) is 12.0 Å². The van der Waals surface area contributed by atoms with Crippen LogP contribution in [0.4, 0.5) is 5.69 Å². The molecular weight excluding hydrogens is 206 g/mol. The van der Waals surface area contributed by atoms with Crippen molar-refractivity contribution in [2.75, 3.05) is 5.32 Å². The van der Waals surface area contributed by atoms with E-state index < -0.39 is 0 Å². The third-order valence-corrected chi connectivity index (χ3v) is 3.64. The molecule has 0 radical (unpaired) electrons. The molecule has 1 aliphatic carbocycles. The van der Waals surface area contributed by atoms with E-state index in [9.17, 15) is 0 Å². The number of hydrogen-bond acceptors (Lipinski definition) is 1. The summed E-state index contributed by atoms with van der Waals surface area (Å²) < 4.78 is 0. The van der Waals surface area contributed by atoms with E-state index in [0.717, 1.165) is 16.6 Å². The maximum absolute atomic E-state index is 6.19. The van der Waals surface area contributed by atoms with Gasteiger partial charge in [0.2, 0.25) is 0 Å². The molecule has 1 aromatic carbocycles. The Morgan fingerprint density at radius 3 is 2.73 bits per heavy atom. The first-order valence-corrected chi connectivity index (χ1v) is 6.07. The summed E-state index contributed by atoms with van der Waals surface area (Å²) in [6.45, 7) is 4.38. The van der Waals surface area contributed by atoms with Crippen LogP contribution in [0.25, 0.3) is 0 Å². The predicted octanol–water partition coefficient (Wildman–Crippen LogP) is 4.25. The Balaban J connectivity index is 2.10. The molecule has 0 aliphatic heterocycles. The predicted molar refractivity (Wildman–Crippen MR) is 66.6 cm³/mol. The maximum atomic E-state index is 6.19. The highest BCUT2D eigenvalue weighted by molar-refractivity contribution is 6.33. The van der Waals surface area contributed by atoms with Gasteiger partial charge in [0, 0.05) is 6.04 Å². The van der Waals surface area contributed by atoms with Crippen LogP contribution in [0.15, 0.2) is 18.2 Å². The van der Waals surface area contributed by atoms with Crippen LogP contribution in [0, 0.1) is 12.8 Å². The monoisotopic (exact) mass is 223 g/mol. The van der Waals surface area contributed by atoms with E-state index in [1.54, 1.807) is 0 Å². The minimum Gasteiger partial charge on any atom is -0.381 e. The van der Waals surface area contributed by atoms with Crippen molar-refractivity contribution in [2.45, 2.75) is 39.2 Å². The van der Waals surface area contributed by atoms with Crippen molar-refractivity contribution < 1.29 is 0 Å². The van der Waals surface area contributed by atoms with Crippen LogP contribution in [0.1, 0.15) is 31.7 Å². The molecule has 1 aromatic rings. The van der Waals surface area contributed by atoms with Crippen molar-refractivity contribution in [3.05, 3.63) is 28.8 Å². The van der Waals surface area contributed by atoms with Crippen molar-refractivity contribution >= 4 is 17.3 Å². The van der Waals surface area contributed by atoms with Gasteiger partial charge in [-0.1, -0.05) is 31.0 Å². The van der Waals surface area contributed by atoms with E-state index in [2.05, 4.69) is 31.3 Å². The summed E-state index contributed by atoms with van der Waals surface area (Å²) in [6.07, 6.45) is 3.94. The Labute approximate surface area is 96.8 Å². The van der Waals surface area contributed by atoms with Crippen molar-refractivity contribution in [3.8, 4) is 0 Å². The van der Waals surface area contributed by atoms with E-state index in [4.69, 9.17) is 11.6 Å². The van der Waals surface area contributed by atoms with Crippen molar-refractivity contribution in [1.82, 2.24) is 0 Å². The molecule has 0 amide bonds. The minimum atomic E-state index is 0.602. The number of hydrogen-bond donors (Lipinski definition) is 1. The number of aryl methyl sites for hydroxylation is 1. The number of rotatable bonds is 2. The summed E-state index contributed by atoms with van der Waals surface area (Å²) in [4.78, 5) is 0. The molecule has 1 N–H and O–H groups in total. The van der Waals surface area contributed by atoms with Gasteiger partial charge in [-0.25, -0.2) is 0 Å². The molecule has 15 heavy (non-hydrogen) atoms. The van der Waals surface area contributed by atoms with Crippen LogP contribution < -0.4 is 5.32 Å². The van der Waals surface area contributed by atoms with Crippen LogP contribution in [-0.4, -0.2) is 6.04 Å². The second-order valence-corrected chi connectivity index (χ2v) is 5.05. The molecule has 1 fully saturated rings. The third kappa shape index (κ3) is 2.46. The SMILES string of the molecule is Cc1ccc(NC2CCCC2C)c(Cl)c1. The average Bonchev–Trinajstić information content (AvgIpc) is 2.57. The molecule has 2 unspecified atom stereocenters. The summed E-state index contributed by atoms with van der Waals surface area (Å²) in [5.41, 5.74) is 2.30. The number of nitrogens with one attached hydrogen (secondary N) is 1. The Bertz CT molecular complexity index is 348. The van der Waals surface area contributed by atoms with Crippen molar-refractivity contribution in [1.29, 1.82) is 0 Å². The Hall–Kier alpha value is -0.690. The zero-order chi connectivity index (χ0) is 10.8. The maximum Gasteiger partial charge on any atom is 0.0640 e. The lowest BCUT2D eigenvalue weighted by Crippen LogP contribution is -2.21. The van der Waals surface area contributed by atoms with Gasteiger partial charge < -0.3 is 5.32 Å². The van der Waals surface area contributed by atoms with E-state index in [1.165, 1.54) is 24.8 Å². The number of anilines is 1. The molecule has 0 saturated heterocycles. The van der Waals surface area contributed by atoms with Gasteiger partial charge in [-0.05, 0) is 43.4 Å². The first-order chi connectivity index (χ1) is 7.16. The molecule has 0 aromatic heterocycles. The summed E-state index contributed by atoms with van der Waals surface area (Å²) in [5.74, 6) is 0.766. The van der Waals surface area contributed by atoms with Gasteiger partial charge in [0.05, 0.1) is 10.7 Å². The average molecular weight is 224 g/mol. The number of benzene rings is 1. The molecule has 1 nitrogen and oxygen atoms in total. The van der Waals surface area contributed by atoms with Gasteiger partial charge in [0.1, 0.15) is 0 Å². The van der Waals surface area contributed by atoms with Crippen LogP contribution >= 0.6 is 11.6 Å². The second-order valence-electron chi connectivity index (χ2n) is 4.64. The Kier molecular flexibility index (Phi) is 3.20. The van der Waals surface area contributed by atoms with Crippen molar-refractivity contribution in [3.63, 3.8) is 0 Å². The number of halogens is 1. The summed E-state index contributed by atoms with van der Waals surface area (Å²) >= 11 is 6.19. The standard InChI is InChI=1S/C13H18ClN/c1-9-6-7-13(11(14)8-9)15-12-5-3-4-10(12)2/h6-8,10,12,15H,3-5H2,1-2H3. The van der Waals surface area contributed by atoms with Gasteiger partial charge in [0.25, 0.3) is 0 Å². The van der Waals surface area contributed by atoms with Crippen LogP contribution in [0.2, 0.25) is 5.02 Å². The second kappa shape index (κ2) is 4.44. The first kappa shape index (κ1) is 10.8. The highest BCUT2D eigenvalue weighted by Crippen LogP contribution is 2.31. The van der Waals surface area contributed by atoms with Gasteiger partial charge >= 0.3 is 0 Å². The molecule has 1 aliphatic rings. The molecule has 0 bridgehead atoms. The molecule has 2 heteroatoms. The van der Waals surface area contributed by atoms with Crippen LogP contribution in [0.3, 0.4) is 0 Å². The van der Waals surface area contributed by atoms with Crippen LogP contribution in [-0.2, 0) is 0 Å². The lowest BCUT2D eigenvalue weighted by Gasteiger charge is -2.19. The Morgan fingerprint density at radius 1 is 1.33 bits per heavy atom. The quantitative estimate of drug-likeness (QED) is 0.791. The fourth-order valence-corrected chi connectivity index (χ4v) is 2.59. The summed E-state index contributed by atoms with van der Waals surface area (Å²) in [7, 11) is 0. The molecule has 0 heterocycles. The summed E-state index contributed by atoms with van der Waals surface area (Å²) in [6, 6.07) is 6.81. The molecule has 1 saturated carbocycles. The largest absolute Gasteiger partial charge is 0.381 e. The molecule has 2 rings (SSSR count). The van der Waals surface area contributed by atoms with Gasteiger partial charge in [-0.2, -0.15) is 0 Å². The zero-order valence-corrected chi connectivity index (χ0v) is 10.1. The molecular formula is C13H18ClN. The summed E-state index contributed by atoms with van der Waals surface area (Å²) in [5, 5.41) is 4.40. The fraction of sp³-hybridized carbons (Fsp3) is 0.538. The van der Waals surface area contributed by atoms with E-state index in [-0.39, 0.29) is 0 Å². The zero-order valence-electron chi connectivity index (χ0n) is 9.39. The highest BCUT2D eigenvalue weighted by Gasteiger charge is 2.23.